The van der Waals surface area contributed by atoms with Gasteiger partial charge in [0.2, 0.25) is 5.78 Å². The second-order valence-electron chi connectivity index (χ2n) is 3.55. The molecule has 0 unspecified atom stereocenters. The molecule has 0 radical (unpaired) electrons. The highest BCUT2D eigenvalue weighted by Gasteiger charge is 2.34. The van der Waals surface area contributed by atoms with Crippen molar-refractivity contribution in [2.24, 2.45) is 0 Å². The van der Waals surface area contributed by atoms with Crippen molar-refractivity contribution in [1.82, 2.24) is 0 Å². The molecule has 3 heteroatoms. The molecule has 0 aromatic rings. The van der Waals surface area contributed by atoms with Crippen LogP contribution in [0.1, 0.15) is 39.0 Å². The van der Waals surface area contributed by atoms with E-state index < -0.39 is 11.7 Å². The Hall–Kier alpha value is -0.730. The van der Waals surface area contributed by atoms with Crippen LogP contribution in [-0.2, 0) is 4.79 Å². The van der Waals surface area contributed by atoms with Gasteiger partial charge in [-0.1, -0.05) is 12.5 Å². The SMILES string of the molecule is CC(F)(F)C(=O)C1=CCCCCC1. The van der Waals surface area contributed by atoms with Gasteiger partial charge in [0.1, 0.15) is 0 Å². The Labute approximate surface area is 76.8 Å². The van der Waals surface area contributed by atoms with Gasteiger partial charge in [0.05, 0.1) is 0 Å². The Bertz CT molecular complexity index is 226. The van der Waals surface area contributed by atoms with E-state index in [1.807, 2.05) is 0 Å². The maximum atomic E-state index is 12.6. The van der Waals surface area contributed by atoms with Crippen LogP contribution in [0.5, 0.6) is 0 Å². The number of halogens is 2. The molecule has 1 aliphatic carbocycles. The summed E-state index contributed by atoms with van der Waals surface area (Å²) in [5, 5.41) is 0. The maximum absolute atomic E-state index is 12.6. The minimum atomic E-state index is -3.20. The second-order valence-corrected chi connectivity index (χ2v) is 3.55. The minimum absolute atomic E-state index is 0.324. The molecule has 1 aliphatic rings. The van der Waals surface area contributed by atoms with E-state index >= 15 is 0 Å². The van der Waals surface area contributed by atoms with Crippen LogP contribution >= 0.6 is 0 Å². The molecule has 0 N–H and O–H groups in total. The largest absolute Gasteiger partial charge is 0.306 e. The van der Waals surface area contributed by atoms with E-state index in [0.29, 0.717) is 18.9 Å². The first-order valence-corrected chi connectivity index (χ1v) is 4.63. The van der Waals surface area contributed by atoms with Gasteiger partial charge in [-0.2, -0.15) is 8.78 Å². The molecule has 0 saturated carbocycles. The molecule has 0 heterocycles. The van der Waals surface area contributed by atoms with Gasteiger partial charge in [0.15, 0.2) is 0 Å². The van der Waals surface area contributed by atoms with Crippen molar-refractivity contribution >= 4 is 5.78 Å². The summed E-state index contributed by atoms with van der Waals surface area (Å²) in [4.78, 5) is 11.2. The van der Waals surface area contributed by atoms with Crippen molar-refractivity contribution in [2.75, 3.05) is 0 Å². The maximum Gasteiger partial charge on any atom is 0.306 e. The van der Waals surface area contributed by atoms with Gasteiger partial charge in [0, 0.05) is 6.92 Å². The summed E-state index contributed by atoms with van der Waals surface area (Å²) < 4.78 is 25.3. The number of hydrogen-bond donors (Lipinski definition) is 0. The lowest BCUT2D eigenvalue weighted by Crippen LogP contribution is -2.25. The summed E-state index contributed by atoms with van der Waals surface area (Å²) in [5.74, 6) is -4.19. The quantitative estimate of drug-likeness (QED) is 0.650. The number of carbonyl (C=O) groups is 1. The van der Waals surface area contributed by atoms with Gasteiger partial charge in [0.25, 0.3) is 0 Å². The summed E-state index contributed by atoms with van der Waals surface area (Å²) >= 11 is 0. The number of hydrogen-bond acceptors (Lipinski definition) is 1. The predicted octanol–water partition coefficient (Wildman–Crippen LogP) is 3.10. The fourth-order valence-electron chi connectivity index (χ4n) is 1.50. The van der Waals surface area contributed by atoms with E-state index in [1.54, 1.807) is 6.08 Å². The van der Waals surface area contributed by atoms with Crippen LogP contribution in [0, 0.1) is 0 Å². The molecule has 0 aromatic heterocycles. The summed E-state index contributed by atoms with van der Waals surface area (Å²) in [7, 11) is 0. The van der Waals surface area contributed by atoms with Crippen molar-refractivity contribution in [3.8, 4) is 0 Å². The molecular formula is C10H14F2O. The highest BCUT2D eigenvalue weighted by molar-refractivity contribution is 6.00. The van der Waals surface area contributed by atoms with Gasteiger partial charge >= 0.3 is 5.92 Å². The minimum Gasteiger partial charge on any atom is -0.288 e. The Balaban J connectivity index is 2.69. The van der Waals surface area contributed by atoms with E-state index in [4.69, 9.17) is 0 Å². The molecule has 0 aliphatic heterocycles. The monoisotopic (exact) mass is 188 g/mol. The number of ketones is 1. The molecule has 1 rings (SSSR count). The normalized spacial score (nSPS) is 19.2. The number of allylic oxidation sites excluding steroid dienone is 2. The van der Waals surface area contributed by atoms with Crippen molar-refractivity contribution in [3.05, 3.63) is 11.6 Å². The van der Waals surface area contributed by atoms with Crippen molar-refractivity contribution in [1.29, 1.82) is 0 Å². The molecule has 0 bridgehead atoms. The zero-order valence-corrected chi connectivity index (χ0v) is 7.78. The van der Waals surface area contributed by atoms with Gasteiger partial charge < -0.3 is 0 Å². The van der Waals surface area contributed by atoms with Crippen LogP contribution in [0.3, 0.4) is 0 Å². The van der Waals surface area contributed by atoms with Crippen LogP contribution < -0.4 is 0 Å². The van der Waals surface area contributed by atoms with Crippen LogP contribution in [0.2, 0.25) is 0 Å². The first-order valence-electron chi connectivity index (χ1n) is 4.63. The second kappa shape index (κ2) is 3.99. The lowest BCUT2D eigenvalue weighted by atomic mass is 10.0. The zero-order chi connectivity index (χ0) is 9.90. The Kier molecular flexibility index (Phi) is 3.17. The standard InChI is InChI=1S/C10H14F2O/c1-10(11,12)9(13)8-6-4-2-3-5-7-8/h6H,2-5,7H2,1H3. The zero-order valence-electron chi connectivity index (χ0n) is 7.78. The van der Waals surface area contributed by atoms with Crippen LogP contribution in [0.25, 0.3) is 0 Å². The number of Topliss-reactive ketones (excluding diaryl/α,β-unsaturated/α-hetero) is 1. The predicted molar refractivity (Wildman–Crippen MR) is 46.8 cm³/mol. The van der Waals surface area contributed by atoms with Crippen LogP contribution in [0.4, 0.5) is 8.78 Å². The lowest BCUT2D eigenvalue weighted by molar-refractivity contribution is -0.136. The Morgan fingerprint density at radius 1 is 1.38 bits per heavy atom. The van der Waals surface area contributed by atoms with Gasteiger partial charge in [-0.25, -0.2) is 0 Å². The summed E-state index contributed by atoms with van der Waals surface area (Å²) in [6, 6.07) is 0. The average molecular weight is 188 g/mol. The van der Waals surface area contributed by atoms with E-state index in [0.717, 1.165) is 25.7 Å². The molecule has 0 aromatic carbocycles. The smallest absolute Gasteiger partial charge is 0.288 e. The Morgan fingerprint density at radius 2 is 2.08 bits per heavy atom. The highest BCUT2D eigenvalue weighted by Crippen LogP contribution is 2.24. The van der Waals surface area contributed by atoms with Gasteiger partial charge in [-0.3, -0.25) is 4.79 Å². The van der Waals surface area contributed by atoms with Gasteiger partial charge in [-0.15, -0.1) is 0 Å². The molecule has 0 amide bonds. The molecule has 0 fully saturated rings. The van der Waals surface area contributed by atoms with E-state index in [1.165, 1.54) is 0 Å². The van der Waals surface area contributed by atoms with Crippen molar-refractivity contribution in [2.45, 2.75) is 45.0 Å². The summed E-state index contributed by atoms with van der Waals surface area (Å²) in [5.41, 5.74) is 0.324. The summed E-state index contributed by atoms with van der Waals surface area (Å²) in [6.07, 6.45) is 5.84. The van der Waals surface area contributed by atoms with Crippen LogP contribution in [0.15, 0.2) is 11.6 Å². The number of alkyl halides is 2. The fraction of sp³-hybridized carbons (Fsp3) is 0.700. The molecule has 13 heavy (non-hydrogen) atoms. The molecule has 1 nitrogen and oxygen atoms in total. The Morgan fingerprint density at radius 3 is 2.69 bits per heavy atom. The van der Waals surface area contributed by atoms with E-state index in [9.17, 15) is 13.6 Å². The molecular weight excluding hydrogens is 174 g/mol. The third kappa shape index (κ3) is 2.90. The lowest BCUT2D eigenvalue weighted by Gasteiger charge is -2.10. The van der Waals surface area contributed by atoms with Gasteiger partial charge in [-0.05, 0) is 31.3 Å². The van der Waals surface area contributed by atoms with Crippen molar-refractivity contribution in [3.63, 3.8) is 0 Å². The van der Waals surface area contributed by atoms with Crippen LogP contribution in [-0.4, -0.2) is 11.7 Å². The fourth-order valence-corrected chi connectivity index (χ4v) is 1.50. The third-order valence-corrected chi connectivity index (χ3v) is 2.23. The van der Waals surface area contributed by atoms with E-state index in [2.05, 4.69) is 0 Å². The first kappa shape index (κ1) is 10.4. The molecule has 0 spiro atoms. The molecule has 74 valence electrons. The number of carbonyl (C=O) groups excluding carboxylic acids is 1. The van der Waals surface area contributed by atoms with Crippen molar-refractivity contribution < 1.29 is 13.6 Å². The topological polar surface area (TPSA) is 17.1 Å². The summed E-state index contributed by atoms with van der Waals surface area (Å²) in [6.45, 7) is 0.668. The first-order chi connectivity index (χ1) is 6.02. The third-order valence-electron chi connectivity index (χ3n) is 2.23. The number of rotatable bonds is 2. The molecule has 0 saturated heterocycles. The average Bonchev–Trinajstić information content (AvgIpc) is 2.28. The van der Waals surface area contributed by atoms with E-state index in [-0.39, 0.29) is 0 Å². The highest BCUT2D eigenvalue weighted by atomic mass is 19.3. The molecule has 0 atom stereocenters.